The first-order valence-electron chi connectivity index (χ1n) is 7.62. The van der Waals surface area contributed by atoms with E-state index in [4.69, 9.17) is 0 Å². The zero-order chi connectivity index (χ0) is 14.9. The lowest BCUT2D eigenvalue weighted by Crippen LogP contribution is -2.27. The number of piperidine rings is 1. The van der Waals surface area contributed by atoms with Crippen molar-refractivity contribution in [3.05, 3.63) is 54.2 Å². The van der Waals surface area contributed by atoms with E-state index < -0.39 is 0 Å². The van der Waals surface area contributed by atoms with Gasteiger partial charge in [-0.2, -0.15) is 5.10 Å². The van der Waals surface area contributed by atoms with Gasteiger partial charge in [0.05, 0.1) is 0 Å². The monoisotopic (exact) mass is 296 g/mol. The number of aromatic nitrogens is 3. The molecule has 112 valence electrons. The van der Waals surface area contributed by atoms with Gasteiger partial charge in [-0.15, -0.1) is 0 Å². The summed E-state index contributed by atoms with van der Waals surface area (Å²) in [6, 6.07) is 10.5. The second-order valence-corrected chi connectivity index (χ2v) is 5.73. The number of nitrogens with one attached hydrogen (secondary N) is 1. The van der Waals surface area contributed by atoms with E-state index in [0.717, 1.165) is 48.5 Å². The molecule has 4 nitrogen and oxygen atoms in total. The van der Waals surface area contributed by atoms with Crippen LogP contribution >= 0.6 is 0 Å². The molecule has 0 unspecified atom stereocenters. The standard InChI is InChI=1S/C17H17FN4/c18-15-3-1-2-13(10-15)14-4-5-16-20-17(21-22(16)11-14)12-6-8-19-9-7-12/h1-5,10-12,19H,6-9H2. The van der Waals surface area contributed by atoms with Crippen molar-refractivity contribution in [2.45, 2.75) is 18.8 Å². The van der Waals surface area contributed by atoms with Crippen molar-refractivity contribution in [3.63, 3.8) is 0 Å². The molecule has 0 saturated carbocycles. The van der Waals surface area contributed by atoms with Gasteiger partial charge < -0.3 is 5.32 Å². The Hall–Kier alpha value is -2.27. The van der Waals surface area contributed by atoms with E-state index in [9.17, 15) is 4.39 Å². The molecule has 0 atom stereocenters. The molecule has 0 bridgehead atoms. The summed E-state index contributed by atoms with van der Waals surface area (Å²) in [4.78, 5) is 4.64. The minimum Gasteiger partial charge on any atom is -0.317 e. The molecule has 1 aliphatic rings. The van der Waals surface area contributed by atoms with Crippen molar-refractivity contribution in [2.24, 2.45) is 0 Å². The Morgan fingerprint density at radius 3 is 2.77 bits per heavy atom. The second-order valence-electron chi connectivity index (χ2n) is 5.73. The van der Waals surface area contributed by atoms with Crippen LogP contribution < -0.4 is 5.32 Å². The third kappa shape index (κ3) is 2.48. The summed E-state index contributed by atoms with van der Waals surface area (Å²) in [6.45, 7) is 2.05. The summed E-state index contributed by atoms with van der Waals surface area (Å²) in [5, 5.41) is 7.99. The highest BCUT2D eigenvalue weighted by Gasteiger charge is 2.19. The van der Waals surface area contributed by atoms with Crippen LogP contribution in [0.5, 0.6) is 0 Å². The molecule has 1 aromatic carbocycles. The highest BCUT2D eigenvalue weighted by molar-refractivity contribution is 5.64. The van der Waals surface area contributed by atoms with Crippen LogP contribution in [0.4, 0.5) is 4.39 Å². The molecule has 0 aliphatic carbocycles. The fourth-order valence-corrected chi connectivity index (χ4v) is 2.99. The summed E-state index contributed by atoms with van der Waals surface area (Å²) in [6.07, 6.45) is 4.07. The molecule has 3 heterocycles. The van der Waals surface area contributed by atoms with Crippen molar-refractivity contribution >= 4 is 5.65 Å². The van der Waals surface area contributed by atoms with Crippen LogP contribution in [0.25, 0.3) is 16.8 Å². The highest BCUT2D eigenvalue weighted by atomic mass is 19.1. The molecule has 1 N–H and O–H groups in total. The van der Waals surface area contributed by atoms with Crippen LogP contribution in [-0.2, 0) is 0 Å². The van der Waals surface area contributed by atoms with E-state index in [1.807, 2.05) is 24.4 Å². The van der Waals surface area contributed by atoms with Crippen LogP contribution in [0.15, 0.2) is 42.6 Å². The van der Waals surface area contributed by atoms with Crippen molar-refractivity contribution in [3.8, 4) is 11.1 Å². The average molecular weight is 296 g/mol. The van der Waals surface area contributed by atoms with Crippen molar-refractivity contribution in [1.82, 2.24) is 19.9 Å². The van der Waals surface area contributed by atoms with Gasteiger partial charge in [-0.1, -0.05) is 12.1 Å². The molecule has 0 radical (unpaired) electrons. The lowest BCUT2D eigenvalue weighted by atomic mass is 9.98. The van der Waals surface area contributed by atoms with E-state index in [-0.39, 0.29) is 5.82 Å². The molecule has 5 heteroatoms. The number of benzene rings is 1. The van der Waals surface area contributed by atoms with Gasteiger partial charge in [0.15, 0.2) is 11.5 Å². The summed E-state index contributed by atoms with van der Waals surface area (Å²) in [7, 11) is 0. The first-order chi connectivity index (χ1) is 10.8. The second kappa shape index (κ2) is 5.50. The summed E-state index contributed by atoms with van der Waals surface area (Å²) < 4.78 is 15.2. The minimum absolute atomic E-state index is 0.230. The Kier molecular flexibility index (Phi) is 3.35. The zero-order valence-corrected chi connectivity index (χ0v) is 12.2. The number of hydrogen-bond donors (Lipinski definition) is 1. The number of nitrogens with zero attached hydrogens (tertiary/aromatic N) is 3. The van der Waals surface area contributed by atoms with Crippen molar-refractivity contribution in [1.29, 1.82) is 0 Å². The number of fused-ring (bicyclic) bond motifs is 1. The molecule has 22 heavy (non-hydrogen) atoms. The van der Waals surface area contributed by atoms with E-state index in [1.54, 1.807) is 10.6 Å². The number of halogens is 1. The number of pyridine rings is 1. The Labute approximate surface area is 128 Å². The van der Waals surface area contributed by atoms with Gasteiger partial charge in [-0.25, -0.2) is 13.9 Å². The largest absolute Gasteiger partial charge is 0.317 e. The maximum absolute atomic E-state index is 13.4. The molecule has 0 amide bonds. The molecule has 1 saturated heterocycles. The predicted octanol–water partition coefficient (Wildman–Crippen LogP) is 3.00. The van der Waals surface area contributed by atoms with E-state index in [2.05, 4.69) is 15.4 Å². The fourth-order valence-electron chi connectivity index (χ4n) is 2.99. The molecule has 3 aromatic rings. The van der Waals surface area contributed by atoms with Gasteiger partial charge in [-0.05, 0) is 55.8 Å². The number of rotatable bonds is 2. The van der Waals surface area contributed by atoms with Crippen LogP contribution in [-0.4, -0.2) is 27.7 Å². The Morgan fingerprint density at radius 1 is 1.09 bits per heavy atom. The van der Waals surface area contributed by atoms with Gasteiger partial charge >= 0.3 is 0 Å². The van der Waals surface area contributed by atoms with E-state index in [0.29, 0.717) is 5.92 Å². The summed E-state index contributed by atoms with van der Waals surface area (Å²) in [5.41, 5.74) is 2.63. The Morgan fingerprint density at radius 2 is 1.95 bits per heavy atom. The average Bonchev–Trinajstić information content (AvgIpc) is 2.99. The zero-order valence-electron chi connectivity index (χ0n) is 12.2. The fraction of sp³-hybridized carbons (Fsp3) is 0.294. The van der Waals surface area contributed by atoms with Crippen LogP contribution in [0.3, 0.4) is 0 Å². The summed E-state index contributed by atoms with van der Waals surface area (Å²) >= 11 is 0. The first-order valence-corrected chi connectivity index (χ1v) is 7.62. The quantitative estimate of drug-likeness (QED) is 0.790. The maximum atomic E-state index is 13.4. The van der Waals surface area contributed by atoms with Crippen LogP contribution in [0.2, 0.25) is 0 Å². The van der Waals surface area contributed by atoms with Crippen molar-refractivity contribution in [2.75, 3.05) is 13.1 Å². The molecular weight excluding hydrogens is 279 g/mol. The molecule has 4 rings (SSSR count). The number of hydrogen-bond acceptors (Lipinski definition) is 3. The van der Waals surface area contributed by atoms with Gasteiger partial charge in [0.25, 0.3) is 0 Å². The van der Waals surface area contributed by atoms with Gasteiger partial charge in [0, 0.05) is 17.7 Å². The molecular formula is C17H17FN4. The minimum atomic E-state index is -0.230. The lowest BCUT2D eigenvalue weighted by Gasteiger charge is -2.19. The third-order valence-electron chi connectivity index (χ3n) is 4.21. The topological polar surface area (TPSA) is 42.2 Å². The highest BCUT2D eigenvalue weighted by Crippen LogP contribution is 2.24. The molecule has 1 fully saturated rings. The maximum Gasteiger partial charge on any atom is 0.155 e. The molecule has 2 aromatic heterocycles. The lowest BCUT2D eigenvalue weighted by molar-refractivity contribution is 0.445. The van der Waals surface area contributed by atoms with Crippen molar-refractivity contribution < 1.29 is 4.39 Å². The van der Waals surface area contributed by atoms with Gasteiger partial charge in [0.2, 0.25) is 0 Å². The Balaban J connectivity index is 1.71. The van der Waals surface area contributed by atoms with Gasteiger partial charge in [0.1, 0.15) is 5.82 Å². The normalized spacial score (nSPS) is 16.2. The molecule has 1 aliphatic heterocycles. The molecule has 0 spiro atoms. The summed E-state index contributed by atoms with van der Waals surface area (Å²) in [5.74, 6) is 1.11. The Bertz CT molecular complexity index is 805. The van der Waals surface area contributed by atoms with E-state index in [1.165, 1.54) is 12.1 Å². The first kappa shape index (κ1) is 13.4. The SMILES string of the molecule is Fc1cccc(-c2ccc3nc(C4CCNCC4)nn3c2)c1. The van der Waals surface area contributed by atoms with Crippen LogP contribution in [0, 0.1) is 5.82 Å². The smallest absolute Gasteiger partial charge is 0.155 e. The van der Waals surface area contributed by atoms with Crippen LogP contribution in [0.1, 0.15) is 24.6 Å². The van der Waals surface area contributed by atoms with E-state index >= 15 is 0 Å². The van der Waals surface area contributed by atoms with Gasteiger partial charge in [-0.3, -0.25) is 0 Å². The third-order valence-corrected chi connectivity index (χ3v) is 4.21. The predicted molar refractivity (Wildman–Crippen MR) is 83.2 cm³/mol.